The van der Waals surface area contributed by atoms with Gasteiger partial charge in [0.15, 0.2) is 5.69 Å². The minimum atomic E-state index is -0.203. The summed E-state index contributed by atoms with van der Waals surface area (Å²) < 4.78 is 3.62. The number of rotatable bonds is 4. The fraction of sp³-hybridized carbons (Fsp3) is 0.316. The molecule has 0 aliphatic heterocycles. The van der Waals surface area contributed by atoms with Gasteiger partial charge < -0.3 is 5.32 Å². The topological polar surface area (TPSA) is 64.7 Å². The Labute approximate surface area is 146 Å². The molecule has 0 fully saturated rings. The molecule has 0 saturated carbocycles. The summed E-state index contributed by atoms with van der Waals surface area (Å²) in [6, 6.07) is 11.9. The maximum Gasteiger partial charge on any atom is 0.277 e. The number of fused-ring (bicyclic) bond motifs is 1. The second-order valence-corrected chi connectivity index (χ2v) is 6.60. The van der Waals surface area contributed by atoms with Crippen molar-refractivity contribution in [3.05, 3.63) is 59.5 Å². The summed E-state index contributed by atoms with van der Waals surface area (Å²) in [4.78, 5) is 12.7. The minimum Gasteiger partial charge on any atom is -0.305 e. The molecule has 1 amide bonds. The highest BCUT2D eigenvalue weighted by Gasteiger charge is 2.25. The molecular formula is C19H21N5O. The number of aryl methyl sites for hydroxylation is 1. The fourth-order valence-corrected chi connectivity index (χ4v) is 3.19. The minimum absolute atomic E-state index is 0.203. The summed E-state index contributed by atoms with van der Waals surface area (Å²) >= 11 is 0. The van der Waals surface area contributed by atoms with Crippen molar-refractivity contribution in [2.75, 3.05) is 5.32 Å². The van der Waals surface area contributed by atoms with Gasteiger partial charge in [-0.3, -0.25) is 9.48 Å². The van der Waals surface area contributed by atoms with Crippen LogP contribution in [0.15, 0.2) is 42.6 Å². The zero-order valence-electron chi connectivity index (χ0n) is 14.4. The number of para-hydroxylation sites is 1. The number of hydrogen-bond donors (Lipinski definition) is 1. The van der Waals surface area contributed by atoms with E-state index in [1.807, 2.05) is 55.1 Å². The van der Waals surface area contributed by atoms with Gasteiger partial charge >= 0.3 is 0 Å². The van der Waals surface area contributed by atoms with Crippen LogP contribution in [0.5, 0.6) is 0 Å². The average molecular weight is 335 g/mol. The second-order valence-electron chi connectivity index (χ2n) is 6.60. The molecule has 6 heteroatoms. The third-order valence-corrected chi connectivity index (χ3v) is 4.51. The maximum absolute atomic E-state index is 12.7. The summed E-state index contributed by atoms with van der Waals surface area (Å²) in [6.07, 6.45) is 4.81. The first-order valence-corrected chi connectivity index (χ1v) is 8.66. The Morgan fingerprint density at radius 2 is 1.92 bits per heavy atom. The number of amides is 1. The highest BCUT2D eigenvalue weighted by atomic mass is 16.2. The van der Waals surface area contributed by atoms with Gasteiger partial charge in [0.25, 0.3) is 5.91 Å². The molecule has 0 saturated heterocycles. The summed E-state index contributed by atoms with van der Waals surface area (Å²) in [5.74, 6) is 0.564. The average Bonchev–Trinajstić information content (AvgIpc) is 3.32. The summed E-state index contributed by atoms with van der Waals surface area (Å²) in [5.41, 5.74) is 3.58. The van der Waals surface area contributed by atoms with Crippen molar-refractivity contribution in [2.45, 2.75) is 39.2 Å². The standard InChI is InChI=1S/C19H21N5O/c1-13(2)23-12-11-17(21-23)19(25)20-18-15-9-6-10-16(15)22-24(18)14-7-4-3-5-8-14/h3-5,7-8,11-13H,6,9-10H2,1-2H3,(H,20,25). The molecule has 128 valence electrons. The van der Waals surface area contributed by atoms with Crippen molar-refractivity contribution < 1.29 is 4.79 Å². The molecule has 1 aliphatic rings. The van der Waals surface area contributed by atoms with Crippen LogP contribution in [0, 0.1) is 0 Å². The first kappa shape index (κ1) is 15.6. The molecule has 1 N–H and O–H groups in total. The molecule has 25 heavy (non-hydrogen) atoms. The van der Waals surface area contributed by atoms with Gasteiger partial charge in [0.1, 0.15) is 5.82 Å². The van der Waals surface area contributed by atoms with Gasteiger partial charge in [-0.25, -0.2) is 4.68 Å². The lowest BCUT2D eigenvalue weighted by Crippen LogP contribution is -2.17. The van der Waals surface area contributed by atoms with Crippen LogP contribution in [-0.2, 0) is 12.8 Å². The predicted molar refractivity (Wildman–Crippen MR) is 96.2 cm³/mol. The van der Waals surface area contributed by atoms with Crippen LogP contribution in [0.25, 0.3) is 5.69 Å². The lowest BCUT2D eigenvalue weighted by molar-refractivity contribution is 0.102. The summed E-state index contributed by atoms with van der Waals surface area (Å²) in [6.45, 7) is 4.07. The molecule has 1 aromatic carbocycles. The number of aromatic nitrogens is 4. The highest BCUT2D eigenvalue weighted by molar-refractivity contribution is 6.03. The van der Waals surface area contributed by atoms with Gasteiger partial charge in [0, 0.05) is 17.8 Å². The van der Waals surface area contributed by atoms with E-state index in [-0.39, 0.29) is 11.9 Å². The van der Waals surface area contributed by atoms with Gasteiger partial charge in [0.2, 0.25) is 0 Å². The Hall–Kier alpha value is -2.89. The molecule has 6 nitrogen and oxygen atoms in total. The van der Waals surface area contributed by atoms with Crippen molar-refractivity contribution in [1.29, 1.82) is 0 Å². The smallest absolute Gasteiger partial charge is 0.277 e. The van der Waals surface area contributed by atoms with E-state index in [2.05, 4.69) is 10.4 Å². The second kappa shape index (κ2) is 6.20. The Kier molecular flexibility index (Phi) is 3.87. The number of anilines is 1. The molecule has 0 atom stereocenters. The zero-order chi connectivity index (χ0) is 17.4. The SMILES string of the molecule is CC(C)n1ccc(C(=O)Nc2c3c(nn2-c2ccccc2)CCC3)n1. The lowest BCUT2D eigenvalue weighted by Gasteiger charge is -2.10. The van der Waals surface area contributed by atoms with Crippen LogP contribution in [0.4, 0.5) is 5.82 Å². The van der Waals surface area contributed by atoms with E-state index < -0.39 is 0 Å². The van der Waals surface area contributed by atoms with Crippen molar-refractivity contribution in [3.8, 4) is 5.69 Å². The monoisotopic (exact) mass is 335 g/mol. The van der Waals surface area contributed by atoms with Gasteiger partial charge in [0.05, 0.1) is 11.4 Å². The molecule has 2 aromatic heterocycles. The van der Waals surface area contributed by atoms with E-state index >= 15 is 0 Å². The van der Waals surface area contributed by atoms with Crippen LogP contribution >= 0.6 is 0 Å². The third-order valence-electron chi connectivity index (χ3n) is 4.51. The largest absolute Gasteiger partial charge is 0.305 e. The molecule has 4 rings (SSSR count). The molecule has 0 radical (unpaired) electrons. The molecular weight excluding hydrogens is 314 g/mol. The molecule has 0 spiro atoms. The van der Waals surface area contributed by atoms with Crippen LogP contribution < -0.4 is 5.32 Å². The third kappa shape index (κ3) is 2.84. The van der Waals surface area contributed by atoms with Crippen molar-refractivity contribution in [1.82, 2.24) is 19.6 Å². The van der Waals surface area contributed by atoms with E-state index in [1.165, 1.54) is 0 Å². The first-order valence-electron chi connectivity index (χ1n) is 8.66. The normalized spacial score (nSPS) is 13.2. The molecule has 3 aromatic rings. The van der Waals surface area contributed by atoms with Gasteiger partial charge in [-0.1, -0.05) is 18.2 Å². The van der Waals surface area contributed by atoms with E-state index in [1.54, 1.807) is 10.7 Å². The maximum atomic E-state index is 12.7. The summed E-state index contributed by atoms with van der Waals surface area (Å²) in [7, 11) is 0. The number of nitrogens with one attached hydrogen (secondary N) is 1. The van der Waals surface area contributed by atoms with Crippen molar-refractivity contribution in [2.24, 2.45) is 0 Å². The van der Waals surface area contributed by atoms with Gasteiger partial charge in [-0.05, 0) is 51.3 Å². The zero-order valence-corrected chi connectivity index (χ0v) is 14.4. The number of nitrogens with zero attached hydrogens (tertiary/aromatic N) is 4. The van der Waals surface area contributed by atoms with E-state index in [0.29, 0.717) is 5.69 Å². The van der Waals surface area contributed by atoms with Crippen LogP contribution in [-0.4, -0.2) is 25.5 Å². The van der Waals surface area contributed by atoms with Crippen LogP contribution in [0.3, 0.4) is 0 Å². The molecule has 0 unspecified atom stereocenters. The number of benzene rings is 1. The highest BCUT2D eigenvalue weighted by Crippen LogP contribution is 2.31. The predicted octanol–water partition coefficient (Wildman–Crippen LogP) is 3.39. The molecule has 0 bridgehead atoms. The number of carbonyl (C=O) groups is 1. The summed E-state index contributed by atoms with van der Waals surface area (Å²) in [5, 5.41) is 12.1. The van der Waals surface area contributed by atoms with E-state index in [4.69, 9.17) is 5.10 Å². The van der Waals surface area contributed by atoms with Crippen LogP contribution in [0.2, 0.25) is 0 Å². The quantitative estimate of drug-likeness (QED) is 0.795. The molecule has 2 heterocycles. The Balaban J connectivity index is 1.68. The van der Waals surface area contributed by atoms with Gasteiger partial charge in [-0.2, -0.15) is 10.2 Å². The fourth-order valence-electron chi connectivity index (χ4n) is 3.19. The first-order chi connectivity index (χ1) is 12.1. The van der Waals surface area contributed by atoms with Crippen molar-refractivity contribution in [3.63, 3.8) is 0 Å². The molecule has 1 aliphatic carbocycles. The van der Waals surface area contributed by atoms with Crippen molar-refractivity contribution >= 4 is 11.7 Å². The Bertz CT molecular complexity index is 907. The lowest BCUT2D eigenvalue weighted by atomic mass is 10.2. The number of hydrogen-bond acceptors (Lipinski definition) is 3. The number of carbonyl (C=O) groups excluding carboxylic acids is 1. The van der Waals surface area contributed by atoms with E-state index in [9.17, 15) is 4.79 Å². The van der Waals surface area contributed by atoms with Gasteiger partial charge in [-0.15, -0.1) is 0 Å². The van der Waals surface area contributed by atoms with Crippen LogP contribution in [0.1, 0.15) is 48.1 Å². The Morgan fingerprint density at radius 3 is 2.64 bits per heavy atom. The van der Waals surface area contributed by atoms with E-state index in [0.717, 1.165) is 42.0 Å². The Morgan fingerprint density at radius 1 is 1.12 bits per heavy atom.